The van der Waals surface area contributed by atoms with Crippen molar-refractivity contribution in [1.82, 2.24) is 10.3 Å². The second-order valence-electron chi connectivity index (χ2n) is 19.0. The largest absolute Gasteiger partial charge is 0.481 e. The summed E-state index contributed by atoms with van der Waals surface area (Å²) in [5.74, 6) is -0.211. The highest BCUT2D eigenvalue weighted by atomic mass is 16.5. The molecule has 2 unspecified atom stereocenters. The lowest BCUT2D eigenvalue weighted by atomic mass is 9.33. The lowest BCUT2D eigenvalue weighted by molar-refractivity contribution is -0.233. The molecule has 1 aromatic rings. The van der Waals surface area contributed by atoms with E-state index in [2.05, 4.69) is 58.8 Å². The number of carboxylic acid groups (broad SMARTS) is 1. The number of carboxylic acids is 1. The van der Waals surface area contributed by atoms with E-state index >= 15 is 0 Å². The summed E-state index contributed by atoms with van der Waals surface area (Å²) in [5.41, 5.74) is 0.872. The van der Waals surface area contributed by atoms with Gasteiger partial charge in [0.05, 0.1) is 17.3 Å². The summed E-state index contributed by atoms with van der Waals surface area (Å²) in [4.78, 5) is 57.2. The summed E-state index contributed by atoms with van der Waals surface area (Å²) in [6, 6.07) is 3.84. The van der Waals surface area contributed by atoms with Gasteiger partial charge in [-0.25, -0.2) is 0 Å². The predicted molar refractivity (Wildman–Crippen MR) is 191 cm³/mol. The zero-order valence-electron chi connectivity index (χ0n) is 31.9. The average Bonchev–Trinajstić information content (AvgIpc) is 3.35. The summed E-state index contributed by atoms with van der Waals surface area (Å²) in [7, 11) is 0. The molecule has 4 fully saturated rings. The Hall–Kier alpha value is -3.03. The van der Waals surface area contributed by atoms with E-state index in [0.717, 1.165) is 61.7 Å². The van der Waals surface area contributed by atoms with E-state index in [1.54, 1.807) is 26.2 Å². The number of amides is 1. The third-order valence-electron chi connectivity index (χ3n) is 15.4. The molecule has 5 aliphatic rings. The Kier molecular flexibility index (Phi) is 9.03. The summed E-state index contributed by atoms with van der Waals surface area (Å²) >= 11 is 0. The van der Waals surface area contributed by atoms with Crippen LogP contribution < -0.4 is 5.32 Å². The molecule has 0 bridgehead atoms. The van der Waals surface area contributed by atoms with E-state index < -0.39 is 22.8 Å². The van der Waals surface area contributed by atoms with Crippen molar-refractivity contribution in [1.29, 1.82) is 0 Å². The standard InChI is InChI=1S/C42H60N2O6/c1-25(2)33-28(45)22-42(35(47)44-24-26-14-20-43-21-15-26)19-18-40(8)27(34(33)42)10-11-30-39(7)16-13-31(50-32(46)23-37(3,4)36(48)49)38(5,6)29(39)12-17-41(30,40)9/h14-15,20-21,25,27,29-31H,10-13,16-19,22-24H2,1-9H3,(H,44,47)(H,48,49)/t27-,29?,30?,31+,39+,40-,41-,42-/m1/s1. The Labute approximate surface area is 299 Å². The van der Waals surface area contributed by atoms with Crippen LogP contribution in [0.1, 0.15) is 132 Å². The molecule has 0 radical (unpaired) electrons. The molecule has 8 nitrogen and oxygen atoms in total. The lowest BCUT2D eigenvalue weighted by Gasteiger charge is -2.72. The molecule has 4 saturated carbocycles. The van der Waals surface area contributed by atoms with E-state index in [9.17, 15) is 24.3 Å². The Morgan fingerprint density at radius 1 is 0.940 bits per heavy atom. The fourth-order valence-corrected chi connectivity index (χ4v) is 12.6. The number of hydrogen-bond acceptors (Lipinski definition) is 6. The number of allylic oxidation sites excluding steroid dienone is 1. The minimum absolute atomic E-state index is 0.000306. The number of ketones is 1. The summed E-state index contributed by atoms with van der Waals surface area (Å²) in [6.45, 7) is 19.8. The van der Waals surface area contributed by atoms with Gasteiger partial charge in [0.1, 0.15) is 6.10 Å². The van der Waals surface area contributed by atoms with Crippen LogP contribution in [0.3, 0.4) is 0 Å². The summed E-state index contributed by atoms with van der Waals surface area (Å²) in [6.07, 6.45) is 10.8. The normalized spacial score (nSPS) is 37.7. The van der Waals surface area contributed by atoms with Crippen molar-refractivity contribution in [2.24, 2.45) is 56.2 Å². The monoisotopic (exact) mass is 688 g/mol. The Balaban J connectivity index is 1.29. The van der Waals surface area contributed by atoms with Crippen LogP contribution in [-0.4, -0.2) is 39.8 Å². The highest BCUT2D eigenvalue weighted by molar-refractivity contribution is 6.07. The van der Waals surface area contributed by atoms with E-state index in [1.165, 1.54) is 0 Å². The van der Waals surface area contributed by atoms with Gasteiger partial charge in [0.25, 0.3) is 0 Å². The van der Waals surface area contributed by atoms with Crippen LogP contribution in [0, 0.1) is 56.2 Å². The van der Waals surface area contributed by atoms with Gasteiger partial charge in [0.2, 0.25) is 5.91 Å². The maximum absolute atomic E-state index is 14.4. The fraction of sp³-hybridized carbons (Fsp3) is 0.738. The maximum atomic E-state index is 14.4. The number of ether oxygens (including phenoxy) is 1. The number of rotatable bonds is 8. The number of carbonyl (C=O) groups is 4. The Morgan fingerprint density at radius 3 is 2.26 bits per heavy atom. The van der Waals surface area contributed by atoms with Crippen LogP contribution in [0.2, 0.25) is 0 Å². The van der Waals surface area contributed by atoms with Gasteiger partial charge in [0, 0.05) is 30.8 Å². The van der Waals surface area contributed by atoms with Crippen LogP contribution in [0.5, 0.6) is 0 Å². The van der Waals surface area contributed by atoms with Crippen molar-refractivity contribution in [3.8, 4) is 0 Å². The molecule has 0 spiro atoms. The second kappa shape index (κ2) is 12.3. The van der Waals surface area contributed by atoms with Crippen LogP contribution in [-0.2, 0) is 30.5 Å². The smallest absolute Gasteiger partial charge is 0.309 e. The minimum Gasteiger partial charge on any atom is -0.481 e. The van der Waals surface area contributed by atoms with Crippen LogP contribution in [0.25, 0.3) is 0 Å². The van der Waals surface area contributed by atoms with Crippen LogP contribution in [0.4, 0.5) is 0 Å². The van der Waals surface area contributed by atoms with Gasteiger partial charge in [0.15, 0.2) is 5.78 Å². The first-order chi connectivity index (χ1) is 23.2. The number of carbonyl (C=O) groups excluding carboxylic acids is 3. The maximum Gasteiger partial charge on any atom is 0.309 e. The number of nitrogens with zero attached hydrogens (tertiary/aromatic N) is 1. The average molecular weight is 689 g/mol. The third kappa shape index (κ3) is 5.39. The van der Waals surface area contributed by atoms with E-state index in [-0.39, 0.29) is 64.1 Å². The van der Waals surface area contributed by atoms with Gasteiger partial charge in [-0.15, -0.1) is 0 Å². The van der Waals surface area contributed by atoms with E-state index in [1.807, 2.05) is 12.1 Å². The molecule has 0 saturated heterocycles. The van der Waals surface area contributed by atoms with E-state index in [0.29, 0.717) is 24.8 Å². The molecule has 1 heterocycles. The Bertz CT molecular complexity index is 1600. The van der Waals surface area contributed by atoms with Crippen molar-refractivity contribution in [3.63, 3.8) is 0 Å². The van der Waals surface area contributed by atoms with Gasteiger partial charge in [-0.05, 0) is 134 Å². The Morgan fingerprint density at radius 2 is 1.62 bits per heavy atom. The molecule has 2 N–H and O–H groups in total. The predicted octanol–water partition coefficient (Wildman–Crippen LogP) is 8.09. The van der Waals surface area contributed by atoms with Crippen molar-refractivity contribution in [2.45, 2.75) is 139 Å². The number of aliphatic carboxylic acids is 1. The lowest BCUT2D eigenvalue weighted by Crippen LogP contribution is -2.66. The van der Waals surface area contributed by atoms with Crippen LogP contribution >= 0.6 is 0 Å². The molecule has 8 heteroatoms. The zero-order valence-corrected chi connectivity index (χ0v) is 31.9. The molecule has 50 heavy (non-hydrogen) atoms. The molecule has 5 aliphatic carbocycles. The van der Waals surface area contributed by atoms with Crippen molar-refractivity contribution in [2.75, 3.05) is 0 Å². The second-order valence-corrected chi connectivity index (χ2v) is 19.0. The number of Topliss-reactive ketones (excluding diaryl/α,β-unsaturated/α-hetero) is 1. The minimum atomic E-state index is -1.17. The molecule has 274 valence electrons. The number of nitrogens with one attached hydrogen (secondary N) is 1. The number of esters is 1. The number of fused-ring (bicyclic) bond motifs is 7. The van der Waals surface area contributed by atoms with Gasteiger partial charge in [-0.1, -0.05) is 48.5 Å². The van der Waals surface area contributed by atoms with Crippen molar-refractivity contribution in [3.05, 3.63) is 41.2 Å². The first-order valence-corrected chi connectivity index (χ1v) is 19.1. The van der Waals surface area contributed by atoms with Gasteiger partial charge in [-0.3, -0.25) is 24.2 Å². The molecule has 1 aromatic heterocycles. The highest BCUT2D eigenvalue weighted by Gasteiger charge is 2.71. The third-order valence-corrected chi connectivity index (χ3v) is 15.4. The number of hydrogen-bond donors (Lipinski definition) is 2. The molecule has 8 atom stereocenters. The molecule has 6 rings (SSSR count). The van der Waals surface area contributed by atoms with Gasteiger partial charge in [-0.2, -0.15) is 0 Å². The quantitative estimate of drug-likeness (QED) is 0.265. The fourth-order valence-electron chi connectivity index (χ4n) is 12.6. The molecule has 0 aliphatic heterocycles. The van der Waals surface area contributed by atoms with E-state index in [4.69, 9.17) is 4.74 Å². The van der Waals surface area contributed by atoms with Crippen molar-refractivity contribution >= 4 is 23.6 Å². The van der Waals surface area contributed by atoms with Crippen molar-refractivity contribution < 1.29 is 29.0 Å². The summed E-state index contributed by atoms with van der Waals surface area (Å²) in [5, 5.41) is 12.8. The van der Waals surface area contributed by atoms with Crippen LogP contribution in [0.15, 0.2) is 35.7 Å². The zero-order chi connectivity index (χ0) is 36.7. The summed E-state index contributed by atoms with van der Waals surface area (Å²) < 4.78 is 6.15. The number of pyridine rings is 1. The molecule has 0 aromatic carbocycles. The topological polar surface area (TPSA) is 123 Å². The molecule has 1 amide bonds. The first-order valence-electron chi connectivity index (χ1n) is 19.1. The SMILES string of the molecule is CC(C)C1=C2[C@H]3CCC4[C@@]5(C)CC[C@H](OC(=O)CC(C)(C)C(=O)O)C(C)(C)C5CC[C@@]4(C)[C@]3(C)CC[C@@]2(C(=O)NCc2ccncc2)CC1=O. The molecular weight excluding hydrogens is 628 g/mol. The first kappa shape index (κ1) is 36.8. The van der Waals surface area contributed by atoms with Gasteiger partial charge >= 0.3 is 11.9 Å². The number of aromatic nitrogens is 1. The highest BCUT2D eigenvalue weighted by Crippen LogP contribution is 2.76. The van der Waals surface area contributed by atoms with Gasteiger partial charge < -0.3 is 15.2 Å². The molecular formula is C42H60N2O6.